The highest BCUT2D eigenvalue weighted by Gasteiger charge is 2.16. The minimum Gasteiger partial charge on any atom is -0.121 e. The monoisotopic (exact) mass is 260 g/mol. The summed E-state index contributed by atoms with van der Waals surface area (Å²) in [6, 6.07) is 5.88. The molecule has 0 radical (unpaired) electrons. The van der Waals surface area contributed by atoms with E-state index in [2.05, 4.69) is 6.07 Å². The van der Waals surface area contributed by atoms with Crippen LogP contribution in [-0.2, 0) is 0 Å². The molecule has 3 heteroatoms. The molecule has 2 rings (SSSR count). The van der Waals surface area contributed by atoms with Crippen LogP contribution in [-0.4, -0.2) is 5.25 Å². The van der Waals surface area contributed by atoms with E-state index in [1.807, 2.05) is 23.9 Å². The Morgan fingerprint density at radius 2 is 1.80 bits per heavy atom. The van der Waals surface area contributed by atoms with Crippen molar-refractivity contribution in [3.05, 3.63) is 28.2 Å². The molecule has 15 heavy (non-hydrogen) atoms. The van der Waals surface area contributed by atoms with Crippen LogP contribution in [0.5, 0.6) is 0 Å². The first-order valence-electron chi connectivity index (χ1n) is 5.38. The first kappa shape index (κ1) is 11.6. The van der Waals surface area contributed by atoms with Crippen molar-refractivity contribution in [2.45, 2.75) is 42.2 Å². The predicted octanol–water partition coefficient (Wildman–Crippen LogP) is 5.42. The second-order valence-electron chi connectivity index (χ2n) is 3.93. The molecule has 0 saturated heterocycles. The molecule has 0 bridgehead atoms. The number of hydrogen-bond acceptors (Lipinski definition) is 1. The average Bonchev–Trinajstić information content (AvgIpc) is 2.26. The molecule has 0 spiro atoms. The minimum absolute atomic E-state index is 0.664. The van der Waals surface area contributed by atoms with Crippen LogP contribution in [0.25, 0.3) is 0 Å². The van der Waals surface area contributed by atoms with Crippen LogP contribution in [0.4, 0.5) is 0 Å². The molecule has 0 amide bonds. The van der Waals surface area contributed by atoms with E-state index in [9.17, 15) is 0 Å². The quantitative estimate of drug-likeness (QED) is 0.685. The SMILES string of the molecule is Clc1cccc(SC2CCCCC2)c1Cl. The topological polar surface area (TPSA) is 0 Å². The van der Waals surface area contributed by atoms with Gasteiger partial charge in [0.25, 0.3) is 0 Å². The van der Waals surface area contributed by atoms with Crippen molar-refractivity contribution in [3.8, 4) is 0 Å². The Morgan fingerprint density at radius 3 is 2.53 bits per heavy atom. The molecule has 1 aliphatic carbocycles. The molecule has 0 unspecified atom stereocenters. The fourth-order valence-corrected chi connectivity index (χ4v) is 3.73. The van der Waals surface area contributed by atoms with Gasteiger partial charge in [-0.15, -0.1) is 11.8 Å². The predicted molar refractivity (Wildman–Crippen MR) is 69.2 cm³/mol. The molecule has 0 aliphatic heterocycles. The van der Waals surface area contributed by atoms with Gasteiger partial charge in [0.05, 0.1) is 10.0 Å². The third-order valence-corrected chi connectivity index (χ3v) is 5.09. The van der Waals surface area contributed by atoms with Crippen molar-refractivity contribution in [3.63, 3.8) is 0 Å². The van der Waals surface area contributed by atoms with Crippen LogP contribution in [0.3, 0.4) is 0 Å². The lowest BCUT2D eigenvalue weighted by atomic mass is 10.0. The number of halogens is 2. The van der Waals surface area contributed by atoms with E-state index >= 15 is 0 Å². The van der Waals surface area contributed by atoms with E-state index < -0.39 is 0 Å². The van der Waals surface area contributed by atoms with Crippen molar-refractivity contribution in [1.82, 2.24) is 0 Å². The van der Waals surface area contributed by atoms with Gasteiger partial charge in [0.1, 0.15) is 0 Å². The molecule has 1 aromatic rings. The summed E-state index contributed by atoms with van der Waals surface area (Å²) in [6.07, 6.45) is 6.73. The van der Waals surface area contributed by atoms with E-state index in [0.717, 1.165) is 15.2 Å². The number of thioether (sulfide) groups is 1. The van der Waals surface area contributed by atoms with Crippen LogP contribution in [0.15, 0.2) is 23.1 Å². The van der Waals surface area contributed by atoms with Gasteiger partial charge in [-0.1, -0.05) is 48.5 Å². The van der Waals surface area contributed by atoms with Gasteiger partial charge < -0.3 is 0 Å². The smallest absolute Gasteiger partial charge is 0.0728 e. The first-order chi connectivity index (χ1) is 7.27. The highest BCUT2D eigenvalue weighted by molar-refractivity contribution is 8.00. The summed E-state index contributed by atoms with van der Waals surface area (Å²) in [5, 5.41) is 2.11. The molecule has 0 nitrogen and oxygen atoms in total. The summed E-state index contributed by atoms with van der Waals surface area (Å²) < 4.78 is 0. The Morgan fingerprint density at radius 1 is 1.07 bits per heavy atom. The Balaban J connectivity index is 2.06. The van der Waals surface area contributed by atoms with Crippen molar-refractivity contribution in [2.24, 2.45) is 0 Å². The first-order valence-corrected chi connectivity index (χ1v) is 7.01. The number of benzene rings is 1. The lowest BCUT2D eigenvalue weighted by Crippen LogP contribution is -2.07. The van der Waals surface area contributed by atoms with Gasteiger partial charge in [0.2, 0.25) is 0 Å². The van der Waals surface area contributed by atoms with Crippen LogP contribution >= 0.6 is 35.0 Å². The second kappa shape index (κ2) is 5.47. The van der Waals surface area contributed by atoms with E-state index in [1.165, 1.54) is 32.1 Å². The average molecular weight is 261 g/mol. The Labute approximate surface area is 105 Å². The van der Waals surface area contributed by atoms with Gasteiger partial charge in [-0.2, -0.15) is 0 Å². The maximum atomic E-state index is 6.16. The molecule has 0 atom stereocenters. The molecule has 0 aromatic heterocycles. The third kappa shape index (κ3) is 3.05. The molecule has 1 fully saturated rings. The normalized spacial score (nSPS) is 18.0. The van der Waals surface area contributed by atoms with Crippen LogP contribution in [0, 0.1) is 0 Å². The summed E-state index contributed by atoms with van der Waals surface area (Å²) in [5.74, 6) is 0. The molecular formula is C12H14Cl2S. The zero-order chi connectivity index (χ0) is 10.7. The summed E-state index contributed by atoms with van der Waals surface area (Å²) in [7, 11) is 0. The minimum atomic E-state index is 0.664. The molecule has 1 saturated carbocycles. The van der Waals surface area contributed by atoms with Crippen molar-refractivity contribution < 1.29 is 0 Å². The van der Waals surface area contributed by atoms with Crippen molar-refractivity contribution in [1.29, 1.82) is 0 Å². The number of hydrogen-bond donors (Lipinski definition) is 0. The maximum absolute atomic E-state index is 6.16. The molecule has 82 valence electrons. The van der Waals surface area contributed by atoms with E-state index in [1.54, 1.807) is 0 Å². The Bertz CT molecular complexity index is 332. The number of rotatable bonds is 2. The van der Waals surface area contributed by atoms with Gasteiger partial charge in [0.15, 0.2) is 0 Å². The van der Waals surface area contributed by atoms with Gasteiger partial charge in [-0.3, -0.25) is 0 Å². The lowest BCUT2D eigenvalue weighted by molar-refractivity contribution is 0.516. The standard InChI is InChI=1S/C12H14Cl2S/c13-10-7-4-8-11(12(10)14)15-9-5-2-1-3-6-9/h4,7-9H,1-3,5-6H2. The van der Waals surface area contributed by atoms with E-state index in [0.29, 0.717) is 5.02 Å². The highest BCUT2D eigenvalue weighted by atomic mass is 35.5. The van der Waals surface area contributed by atoms with Crippen LogP contribution in [0.2, 0.25) is 10.0 Å². The Hall–Kier alpha value is 0.150. The molecule has 0 N–H and O–H groups in total. The summed E-state index contributed by atoms with van der Waals surface area (Å²) in [4.78, 5) is 1.14. The summed E-state index contributed by atoms with van der Waals surface area (Å²) in [5.41, 5.74) is 0. The van der Waals surface area contributed by atoms with Crippen LogP contribution in [0.1, 0.15) is 32.1 Å². The van der Waals surface area contributed by atoms with E-state index in [4.69, 9.17) is 23.2 Å². The third-order valence-electron chi connectivity index (χ3n) is 2.76. The zero-order valence-electron chi connectivity index (χ0n) is 8.51. The largest absolute Gasteiger partial charge is 0.121 e. The molecular weight excluding hydrogens is 247 g/mol. The van der Waals surface area contributed by atoms with Crippen LogP contribution < -0.4 is 0 Å². The zero-order valence-corrected chi connectivity index (χ0v) is 10.8. The molecule has 1 aromatic carbocycles. The fraction of sp³-hybridized carbons (Fsp3) is 0.500. The van der Waals surface area contributed by atoms with Gasteiger partial charge in [-0.05, 0) is 25.0 Å². The van der Waals surface area contributed by atoms with Crippen molar-refractivity contribution >= 4 is 35.0 Å². The van der Waals surface area contributed by atoms with E-state index in [-0.39, 0.29) is 0 Å². The van der Waals surface area contributed by atoms with Gasteiger partial charge >= 0.3 is 0 Å². The lowest BCUT2D eigenvalue weighted by Gasteiger charge is -2.21. The van der Waals surface area contributed by atoms with Crippen molar-refractivity contribution in [2.75, 3.05) is 0 Å². The highest BCUT2D eigenvalue weighted by Crippen LogP contribution is 2.39. The molecule has 0 heterocycles. The van der Waals surface area contributed by atoms with Gasteiger partial charge in [0, 0.05) is 10.1 Å². The molecule has 1 aliphatic rings. The fourth-order valence-electron chi connectivity index (χ4n) is 1.94. The Kier molecular flexibility index (Phi) is 4.24. The van der Waals surface area contributed by atoms with Gasteiger partial charge in [-0.25, -0.2) is 0 Å². The summed E-state index contributed by atoms with van der Waals surface area (Å²) >= 11 is 14.0. The maximum Gasteiger partial charge on any atom is 0.0728 e. The summed E-state index contributed by atoms with van der Waals surface area (Å²) in [6.45, 7) is 0. The second-order valence-corrected chi connectivity index (χ2v) is 6.06.